The Kier molecular flexibility index (Phi) is 12.9. The van der Waals surface area contributed by atoms with Gasteiger partial charge in [0.15, 0.2) is 5.96 Å². The first-order valence-electron chi connectivity index (χ1n) is 8.11. The summed E-state index contributed by atoms with van der Waals surface area (Å²) in [5, 5.41) is 6.82. The number of unbranched alkanes of at least 4 members (excludes halogenated alkanes) is 3. The van der Waals surface area contributed by atoms with Crippen LogP contribution in [-0.4, -0.2) is 23.5 Å². The molecule has 0 spiro atoms. The van der Waals surface area contributed by atoms with Crippen LogP contribution in [0.4, 0.5) is 0 Å². The summed E-state index contributed by atoms with van der Waals surface area (Å²) >= 11 is 1.67. The number of aryl methyl sites for hydroxylation is 1. The van der Waals surface area contributed by atoms with E-state index >= 15 is 0 Å². The van der Waals surface area contributed by atoms with Crippen LogP contribution in [0.3, 0.4) is 0 Å². The Bertz CT molecular complexity index is 420. The van der Waals surface area contributed by atoms with Gasteiger partial charge in [-0.2, -0.15) is 0 Å². The summed E-state index contributed by atoms with van der Waals surface area (Å²) in [6.45, 7) is 10.2. The number of halogens is 1. The summed E-state index contributed by atoms with van der Waals surface area (Å²) in [6, 6.07) is 0.460. The van der Waals surface area contributed by atoms with Gasteiger partial charge in [-0.05, 0) is 27.2 Å². The third kappa shape index (κ3) is 8.92. The molecule has 0 aliphatic rings. The van der Waals surface area contributed by atoms with E-state index in [1.807, 2.05) is 12.4 Å². The van der Waals surface area contributed by atoms with E-state index in [2.05, 4.69) is 41.4 Å². The number of nitrogens with zero attached hydrogens (tertiary/aromatic N) is 2. The van der Waals surface area contributed by atoms with E-state index in [1.165, 1.54) is 37.0 Å². The molecule has 0 fully saturated rings. The first-order valence-corrected chi connectivity index (χ1v) is 8.99. The summed E-state index contributed by atoms with van der Waals surface area (Å²) in [5.74, 6) is 0.910. The van der Waals surface area contributed by atoms with Crippen LogP contribution in [0.2, 0.25) is 0 Å². The molecule has 0 saturated carbocycles. The number of hydrogen-bond donors (Lipinski definition) is 2. The number of rotatable bonds is 9. The van der Waals surface area contributed by atoms with E-state index in [-0.39, 0.29) is 24.0 Å². The molecule has 22 heavy (non-hydrogen) atoms. The number of thiazole rings is 1. The predicted octanol–water partition coefficient (Wildman–Crippen LogP) is 4.48. The van der Waals surface area contributed by atoms with Crippen molar-refractivity contribution in [2.45, 2.75) is 72.4 Å². The van der Waals surface area contributed by atoms with Gasteiger partial charge in [-0.3, -0.25) is 0 Å². The van der Waals surface area contributed by atoms with Crippen LogP contribution >= 0.6 is 35.3 Å². The van der Waals surface area contributed by atoms with Crippen LogP contribution < -0.4 is 10.6 Å². The zero-order chi connectivity index (χ0) is 15.5. The molecule has 0 aromatic carbocycles. The summed E-state index contributed by atoms with van der Waals surface area (Å²) in [4.78, 5) is 10.2. The van der Waals surface area contributed by atoms with Gasteiger partial charge < -0.3 is 10.6 Å². The molecule has 1 atom stereocenters. The Labute approximate surface area is 156 Å². The van der Waals surface area contributed by atoms with Crippen molar-refractivity contribution >= 4 is 41.3 Å². The fourth-order valence-electron chi connectivity index (χ4n) is 2.13. The maximum Gasteiger partial charge on any atom is 0.191 e. The molecule has 1 aromatic rings. The van der Waals surface area contributed by atoms with Gasteiger partial charge in [-0.15, -0.1) is 35.3 Å². The summed E-state index contributed by atoms with van der Waals surface area (Å²) in [6.07, 6.45) is 6.45. The number of aromatic nitrogens is 1. The van der Waals surface area contributed by atoms with E-state index in [4.69, 9.17) is 0 Å². The van der Waals surface area contributed by atoms with E-state index in [0.717, 1.165) is 18.2 Å². The lowest BCUT2D eigenvalue weighted by atomic mass is 10.1. The smallest absolute Gasteiger partial charge is 0.191 e. The second-order valence-electron chi connectivity index (χ2n) is 5.45. The van der Waals surface area contributed by atoms with Crippen LogP contribution in [0.15, 0.2) is 10.5 Å². The Morgan fingerprint density at radius 1 is 1.32 bits per heavy atom. The molecule has 1 heterocycles. The topological polar surface area (TPSA) is 49.3 Å². The lowest BCUT2D eigenvalue weighted by Crippen LogP contribution is -2.42. The Morgan fingerprint density at radius 2 is 2.09 bits per heavy atom. The van der Waals surface area contributed by atoms with Crippen LogP contribution in [0.5, 0.6) is 0 Å². The highest BCUT2D eigenvalue weighted by Gasteiger charge is 2.06. The molecule has 1 unspecified atom stereocenters. The van der Waals surface area contributed by atoms with Gasteiger partial charge in [0, 0.05) is 17.5 Å². The van der Waals surface area contributed by atoms with Gasteiger partial charge in [0.2, 0.25) is 0 Å². The lowest BCUT2D eigenvalue weighted by molar-refractivity contribution is 0.537. The molecule has 1 aromatic heterocycles. The summed E-state index contributed by atoms with van der Waals surface area (Å²) < 4.78 is 0. The first-order chi connectivity index (χ1) is 10.2. The quantitative estimate of drug-likeness (QED) is 0.259. The minimum atomic E-state index is 0. The van der Waals surface area contributed by atoms with Gasteiger partial charge in [-0.25, -0.2) is 9.98 Å². The molecule has 0 aliphatic carbocycles. The lowest BCUT2D eigenvalue weighted by Gasteiger charge is -2.17. The summed E-state index contributed by atoms with van der Waals surface area (Å²) in [5.41, 5.74) is 2.98. The van der Waals surface area contributed by atoms with E-state index < -0.39 is 0 Å². The van der Waals surface area contributed by atoms with Gasteiger partial charge in [0.05, 0.1) is 17.7 Å². The summed E-state index contributed by atoms with van der Waals surface area (Å²) in [7, 11) is 0. The van der Waals surface area contributed by atoms with Crippen molar-refractivity contribution in [3.8, 4) is 0 Å². The molecule has 128 valence electrons. The van der Waals surface area contributed by atoms with Crippen molar-refractivity contribution in [3.05, 3.63) is 16.1 Å². The zero-order valence-corrected chi connectivity index (χ0v) is 17.5. The largest absolute Gasteiger partial charge is 0.357 e. The second-order valence-corrected chi connectivity index (χ2v) is 6.39. The van der Waals surface area contributed by atoms with Crippen LogP contribution in [-0.2, 0) is 6.54 Å². The highest BCUT2D eigenvalue weighted by molar-refractivity contribution is 14.0. The monoisotopic (exact) mass is 438 g/mol. The molecule has 0 aliphatic heterocycles. The molecule has 2 N–H and O–H groups in total. The van der Waals surface area contributed by atoms with Crippen LogP contribution in [0.25, 0.3) is 0 Å². The molecule has 1 rings (SSSR count). The average molecular weight is 438 g/mol. The normalized spacial score (nSPS) is 12.6. The number of hydrogen-bond acceptors (Lipinski definition) is 3. The second kappa shape index (κ2) is 13.1. The molecule has 0 radical (unpaired) electrons. The third-order valence-electron chi connectivity index (χ3n) is 3.44. The first kappa shape index (κ1) is 21.6. The maximum absolute atomic E-state index is 4.67. The van der Waals surface area contributed by atoms with E-state index in [0.29, 0.717) is 12.6 Å². The minimum absolute atomic E-state index is 0. The van der Waals surface area contributed by atoms with Crippen molar-refractivity contribution in [1.29, 1.82) is 0 Å². The molecule has 6 heteroatoms. The molecule has 0 saturated heterocycles. The molecular weight excluding hydrogens is 407 g/mol. The van der Waals surface area contributed by atoms with Crippen molar-refractivity contribution in [3.63, 3.8) is 0 Å². The Morgan fingerprint density at radius 3 is 2.68 bits per heavy atom. The highest BCUT2D eigenvalue weighted by Crippen LogP contribution is 2.13. The zero-order valence-electron chi connectivity index (χ0n) is 14.3. The highest BCUT2D eigenvalue weighted by atomic mass is 127. The van der Waals surface area contributed by atoms with E-state index in [1.54, 1.807) is 11.3 Å². The van der Waals surface area contributed by atoms with Crippen molar-refractivity contribution in [2.24, 2.45) is 4.99 Å². The van der Waals surface area contributed by atoms with E-state index in [9.17, 15) is 0 Å². The molecular formula is C16H31IN4S. The van der Waals surface area contributed by atoms with Crippen LogP contribution in [0.1, 0.15) is 63.4 Å². The van der Waals surface area contributed by atoms with Gasteiger partial charge >= 0.3 is 0 Å². The third-order valence-corrected chi connectivity index (χ3v) is 4.36. The average Bonchev–Trinajstić information content (AvgIpc) is 2.87. The minimum Gasteiger partial charge on any atom is -0.357 e. The molecule has 0 bridgehead atoms. The Hall–Kier alpha value is -0.370. The van der Waals surface area contributed by atoms with Gasteiger partial charge in [-0.1, -0.05) is 32.6 Å². The van der Waals surface area contributed by atoms with Crippen molar-refractivity contribution in [1.82, 2.24) is 15.6 Å². The van der Waals surface area contributed by atoms with Crippen molar-refractivity contribution < 1.29 is 0 Å². The maximum atomic E-state index is 4.67. The number of guanidine groups is 1. The number of aliphatic imine (C=N–C) groups is 1. The standard InChI is InChI=1S/C16H30N4S.HI/c1-5-7-8-9-10-13(3)20-16(17-6-2)18-11-15-14(4)19-12-21-15;/h12-13H,5-11H2,1-4H3,(H2,17,18,20);1H. The SMILES string of the molecule is CCCCCCC(C)NC(=NCc1scnc1C)NCC.I. The predicted molar refractivity (Wildman–Crippen MR) is 108 cm³/mol. The fraction of sp³-hybridized carbons (Fsp3) is 0.750. The molecule has 0 amide bonds. The number of nitrogens with one attached hydrogen (secondary N) is 2. The fourth-order valence-corrected chi connectivity index (χ4v) is 2.83. The molecule has 4 nitrogen and oxygen atoms in total. The van der Waals surface area contributed by atoms with Gasteiger partial charge in [0.25, 0.3) is 0 Å². The Balaban J connectivity index is 0.00000441. The van der Waals surface area contributed by atoms with Gasteiger partial charge in [0.1, 0.15) is 0 Å². The van der Waals surface area contributed by atoms with Crippen LogP contribution in [0, 0.1) is 6.92 Å². The van der Waals surface area contributed by atoms with Crippen molar-refractivity contribution in [2.75, 3.05) is 6.54 Å².